The van der Waals surface area contributed by atoms with E-state index in [4.69, 9.17) is 4.74 Å². The number of aliphatic hydroxyl groups is 1. The summed E-state index contributed by atoms with van der Waals surface area (Å²) in [5.41, 5.74) is -0.803. The zero-order valence-electron chi connectivity index (χ0n) is 9.55. The zero-order valence-corrected chi connectivity index (χ0v) is 9.55. The minimum absolute atomic E-state index is 0.0217. The molecule has 0 radical (unpaired) electrons. The Kier molecular flexibility index (Phi) is 5.64. The highest BCUT2D eigenvalue weighted by atomic mass is 19.4. The van der Waals surface area contributed by atoms with Gasteiger partial charge in [0.25, 0.3) is 0 Å². The van der Waals surface area contributed by atoms with Gasteiger partial charge in [-0.05, 0) is 0 Å². The van der Waals surface area contributed by atoms with Crippen LogP contribution < -0.4 is 5.32 Å². The molecule has 17 heavy (non-hydrogen) atoms. The molecule has 2 N–H and O–H groups in total. The number of ether oxygens (including phenoxy) is 2. The lowest BCUT2D eigenvalue weighted by atomic mass is 9.94. The molecular formula is C10H18F3NO3. The van der Waals surface area contributed by atoms with Crippen molar-refractivity contribution >= 4 is 0 Å². The summed E-state index contributed by atoms with van der Waals surface area (Å²) >= 11 is 0. The van der Waals surface area contributed by atoms with Crippen molar-refractivity contribution in [3.8, 4) is 0 Å². The van der Waals surface area contributed by atoms with Crippen LogP contribution in [0, 0.1) is 0 Å². The molecule has 1 fully saturated rings. The fourth-order valence-electron chi connectivity index (χ4n) is 1.58. The Balaban J connectivity index is 2.00. The maximum absolute atomic E-state index is 11.7. The molecule has 0 spiro atoms. The van der Waals surface area contributed by atoms with E-state index in [0.29, 0.717) is 39.1 Å². The van der Waals surface area contributed by atoms with Gasteiger partial charge in [-0.3, -0.25) is 0 Å². The van der Waals surface area contributed by atoms with E-state index in [1.54, 1.807) is 0 Å². The van der Waals surface area contributed by atoms with Crippen LogP contribution in [0.5, 0.6) is 0 Å². The van der Waals surface area contributed by atoms with Crippen LogP contribution in [0.15, 0.2) is 0 Å². The molecule has 4 nitrogen and oxygen atoms in total. The first-order chi connectivity index (χ1) is 7.91. The zero-order chi connectivity index (χ0) is 12.8. The van der Waals surface area contributed by atoms with E-state index < -0.39 is 18.4 Å². The van der Waals surface area contributed by atoms with E-state index in [2.05, 4.69) is 10.1 Å². The maximum Gasteiger partial charge on any atom is 0.411 e. The van der Waals surface area contributed by atoms with Gasteiger partial charge in [0.05, 0.1) is 12.2 Å². The van der Waals surface area contributed by atoms with Crippen LogP contribution in [0.1, 0.15) is 12.8 Å². The summed E-state index contributed by atoms with van der Waals surface area (Å²) < 4.78 is 44.7. The van der Waals surface area contributed by atoms with Crippen LogP contribution in [0.3, 0.4) is 0 Å². The van der Waals surface area contributed by atoms with Crippen LogP contribution >= 0.6 is 0 Å². The average molecular weight is 257 g/mol. The molecule has 0 saturated carbocycles. The number of nitrogens with one attached hydrogen (secondary N) is 1. The van der Waals surface area contributed by atoms with Crippen molar-refractivity contribution in [2.75, 3.05) is 39.5 Å². The summed E-state index contributed by atoms with van der Waals surface area (Å²) in [5, 5.41) is 12.9. The summed E-state index contributed by atoms with van der Waals surface area (Å²) in [7, 11) is 0. The predicted octanol–water partition coefficient (Wildman–Crippen LogP) is 0.696. The number of hydrogen-bond donors (Lipinski definition) is 2. The van der Waals surface area contributed by atoms with Crippen molar-refractivity contribution < 1.29 is 27.8 Å². The molecule has 0 aromatic carbocycles. The molecule has 0 aromatic rings. The van der Waals surface area contributed by atoms with Crippen molar-refractivity contribution in [2.45, 2.75) is 24.6 Å². The van der Waals surface area contributed by atoms with Gasteiger partial charge in [-0.1, -0.05) is 0 Å². The van der Waals surface area contributed by atoms with Gasteiger partial charge >= 0.3 is 6.18 Å². The van der Waals surface area contributed by atoms with Crippen LogP contribution in [0.4, 0.5) is 13.2 Å². The summed E-state index contributed by atoms with van der Waals surface area (Å²) in [6.07, 6.45) is -3.19. The normalized spacial score (nSPS) is 20.5. The Bertz CT molecular complexity index is 217. The standard InChI is InChI=1S/C10H18F3NO3/c11-10(12,13)8-17-6-3-14-7-9(15)1-4-16-5-2-9/h14-15H,1-8H2. The van der Waals surface area contributed by atoms with E-state index in [0.717, 1.165) is 0 Å². The number of alkyl halides is 3. The monoisotopic (exact) mass is 257 g/mol. The minimum atomic E-state index is -4.28. The van der Waals surface area contributed by atoms with E-state index >= 15 is 0 Å². The summed E-state index contributed by atoms with van der Waals surface area (Å²) in [6, 6.07) is 0. The van der Waals surface area contributed by atoms with Gasteiger partial charge in [0, 0.05) is 39.1 Å². The van der Waals surface area contributed by atoms with E-state index in [1.807, 2.05) is 0 Å². The molecule has 0 atom stereocenters. The van der Waals surface area contributed by atoms with Crippen LogP contribution in [0.25, 0.3) is 0 Å². The summed E-state index contributed by atoms with van der Waals surface area (Å²) in [5.74, 6) is 0. The van der Waals surface area contributed by atoms with E-state index in [9.17, 15) is 18.3 Å². The van der Waals surface area contributed by atoms with Crippen LogP contribution in [-0.2, 0) is 9.47 Å². The molecule has 7 heteroatoms. The number of halogens is 3. The van der Waals surface area contributed by atoms with Crippen molar-refractivity contribution in [1.82, 2.24) is 5.32 Å². The first-order valence-electron chi connectivity index (χ1n) is 5.57. The first-order valence-corrected chi connectivity index (χ1v) is 5.57. The van der Waals surface area contributed by atoms with Gasteiger partial charge in [0.15, 0.2) is 0 Å². The molecule has 1 aliphatic rings. The van der Waals surface area contributed by atoms with Crippen molar-refractivity contribution in [1.29, 1.82) is 0 Å². The Morgan fingerprint density at radius 2 is 1.94 bits per heavy atom. The lowest BCUT2D eigenvalue weighted by Gasteiger charge is -2.32. The molecule has 0 unspecified atom stereocenters. The van der Waals surface area contributed by atoms with Crippen LogP contribution in [-0.4, -0.2) is 56.4 Å². The quantitative estimate of drug-likeness (QED) is 0.688. The smallest absolute Gasteiger partial charge is 0.388 e. The highest BCUT2D eigenvalue weighted by Crippen LogP contribution is 2.19. The molecule has 1 heterocycles. The topological polar surface area (TPSA) is 50.7 Å². The number of hydrogen-bond acceptors (Lipinski definition) is 4. The SMILES string of the molecule is OC1(CNCCOCC(F)(F)F)CCOCC1. The molecule has 0 amide bonds. The van der Waals surface area contributed by atoms with Gasteiger partial charge in [-0.2, -0.15) is 13.2 Å². The third-order valence-corrected chi connectivity index (χ3v) is 2.57. The Hall–Kier alpha value is -0.370. The van der Waals surface area contributed by atoms with Gasteiger partial charge in [-0.25, -0.2) is 0 Å². The molecule has 102 valence electrons. The maximum atomic E-state index is 11.7. The summed E-state index contributed by atoms with van der Waals surface area (Å²) in [4.78, 5) is 0. The molecular weight excluding hydrogens is 239 g/mol. The fourth-order valence-corrected chi connectivity index (χ4v) is 1.58. The van der Waals surface area contributed by atoms with Gasteiger partial charge in [0.1, 0.15) is 6.61 Å². The second kappa shape index (κ2) is 6.53. The lowest BCUT2D eigenvalue weighted by molar-refractivity contribution is -0.173. The first kappa shape index (κ1) is 14.7. The van der Waals surface area contributed by atoms with Crippen molar-refractivity contribution in [3.63, 3.8) is 0 Å². The Morgan fingerprint density at radius 1 is 1.29 bits per heavy atom. The van der Waals surface area contributed by atoms with Crippen LogP contribution in [0.2, 0.25) is 0 Å². The largest absolute Gasteiger partial charge is 0.411 e. The molecule has 1 saturated heterocycles. The van der Waals surface area contributed by atoms with E-state index in [1.165, 1.54) is 0 Å². The second-order valence-corrected chi connectivity index (χ2v) is 4.18. The third kappa shape index (κ3) is 6.82. The Labute approximate surface area is 98.1 Å². The number of rotatable bonds is 6. The minimum Gasteiger partial charge on any atom is -0.388 e. The predicted molar refractivity (Wildman–Crippen MR) is 54.7 cm³/mol. The molecule has 0 bridgehead atoms. The second-order valence-electron chi connectivity index (χ2n) is 4.18. The molecule has 0 aromatic heterocycles. The van der Waals surface area contributed by atoms with E-state index in [-0.39, 0.29) is 6.61 Å². The van der Waals surface area contributed by atoms with Gasteiger partial charge < -0.3 is 19.9 Å². The van der Waals surface area contributed by atoms with Gasteiger partial charge in [-0.15, -0.1) is 0 Å². The highest BCUT2D eigenvalue weighted by Gasteiger charge is 2.29. The average Bonchev–Trinajstić information content (AvgIpc) is 2.23. The molecule has 1 aliphatic heterocycles. The highest BCUT2D eigenvalue weighted by molar-refractivity contribution is 4.83. The molecule has 1 rings (SSSR count). The third-order valence-electron chi connectivity index (χ3n) is 2.57. The van der Waals surface area contributed by atoms with Crippen molar-refractivity contribution in [2.24, 2.45) is 0 Å². The molecule has 0 aliphatic carbocycles. The van der Waals surface area contributed by atoms with Crippen molar-refractivity contribution in [3.05, 3.63) is 0 Å². The fraction of sp³-hybridized carbons (Fsp3) is 1.00. The van der Waals surface area contributed by atoms with Gasteiger partial charge in [0.2, 0.25) is 0 Å². The lowest BCUT2D eigenvalue weighted by Crippen LogP contribution is -2.45. The Morgan fingerprint density at radius 3 is 2.53 bits per heavy atom. The summed E-state index contributed by atoms with van der Waals surface area (Å²) in [6.45, 7) is 0.426.